The third-order valence-corrected chi connectivity index (χ3v) is 7.28. The average molecular weight is 730 g/mol. The van der Waals surface area contributed by atoms with Crippen LogP contribution in [0.25, 0.3) is 11.3 Å². The number of carbonyl (C=O) groups is 4. The average Bonchev–Trinajstić information content (AvgIpc) is 3.50. The minimum absolute atomic E-state index is 0.234. The molecule has 5 N–H and O–H groups in total. The summed E-state index contributed by atoms with van der Waals surface area (Å²) in [5.41, 5.74) is -3.27. The van der Waals surface area contributed by atoms with Gasteiger partial charge in [0.1, 0.15) is 17.8 Å². The maximum absolute atomic E-state index is 15.6. The number of aliphatic hydroxyl groups excluding tert-OH is 1. The van der Waals surface area contributed by atoms with E-state index in [0.717, 1.165) is 26.5 Å². The molecule has 1 heterocycles. The molecular weight excluding hydrogens is 691 g/mol. The zero-order valence-corrected chi connectivity index (χ0v) is 27.9. The van der Waals surface area contributed by atoms with Gasteiger partial charge in [-0.2, -0.15) is 27.1 Å². The molecule has 0 aliphatic carbocycles. The number of hydrazine groups is 1. The Morgan fingerprint density at radius 3 is 1.88 bits per heavy atom. The molecule has 50 heavy (non-hydrogen) atoms. The van der Waals surface area contributed by atoms with Crippen molar-refractivity contribution in [3.8, 4) is 11.3 Å². The molecule has 1 aromatic heterocycles. The molecule has 0 aliphatic rings. The topological polar surface area (TPSA) is 176 Å². The van der Waals surface area contributed by atoms with E-state index >= 15 is 8.78 Å². The second kappa shape index (κ2) is 16.3. The first-order valence-electron chi connectivity index (χ1n) is 14.6. The van der Waals surface area contributed by atoms with Gasteiger partial charge in [-0.25, -0.2) is 23.1 Å². The Balaban J connectivity index is 2.48. The number of alkyl carbamates (subject to hydrolysis) is 2. The first kappa shape index (κ1) is 41.4. The maximum atomic E-state index is 15.6. The van der Waals surface area contributed by atoms with Crippen molar-refractivity contribution in [2.24, 2.45) is 10.8 Å². The summed E-state index contributed by atoms with van der Waals surface area (Å²) in [4.78, 5) is 50.0. The first-order valence-corrected chi connectivity index (χ1v) is 14.6. The van der Waals surface area contributed by atoms with Gasteiger partial charge in [0.05, 0.1) is 38.0 Å². The molecule has 21 heteroatoms. The van der Waals surface area contributed by atoms with E-state index in [9.17, 15) is 46.2 Å². The van der Waals surface area contributed by atoms with Crippen molar-refractivity contribution in [2.45, 2.75) is 65.5 Å². The van der Waals surface area contributed by atoms with Crippen LogP contribution in [0.2, 0.25) is 0 Å². The van der Waals surface area contributed by atoms with E-state index in [0.29, 0.717) is 31.0 Å². The van der Waals surface area contributed by atoms with Gasteiger partial charge in [-0.05, 0) is 37.5 Å². The van der Waals surface area contributed by atoms with Crippen LogP contribution in [-0.4, -0.2) is 90.6 Å². The molecule has 0 radical (unpaired) electrons. The smallest absolute Gasteiger partial charge is 0.407 e. The van der Waals surface area contributed by atoms with Crippen LogP contribution in [0.3, 0.4) is 0 Å². The molecule has 0 aliphatic heterocycles. The summed E-state index contributed by atoms with van der Waals surface area (Å²) in [6, 6.07) is -1.25. The quantitative estimate of drug-likeness (QED) is 0.152. The van der Waals surface area contributed by atoms with Gasteiger partial charge >= 0.3 is 24.9 Å². The minimum atomic E-state index is -5.02. The van der Waals surface area contributed by atoms with Crippen LogP contribution in [0, 0.1) is 22.5 Å². The lowest BCUT2D eigenvalue weighted by atomic mass is 9.83. The number of amides is 4. The Hall–Kier alpha value is -4.82. The normalized spacial score (nSPS) is 13.9. The number of nitrogens with one attached hydrogen (secondary N) is 4. The fourth-order valence-corrected chi connectivity index (χ4v) is 4.32. The summed E-state index contributed by atoms with van der Waals surface area (Å²) in [5.74, 6) is -5.30. The molecule has 0 spiro atoms. The van der Waals surface area contributed by atoms with Crippen molar-refractivity contribution in [3.63, 3.8) is 0 Å². The summed E-state index contributed by atoms with van der Waals surface area (Å²) in [6.45, 7) is 0.961. The third-order valence-electron chi connectivity index (χ3n) is 7.28. The maximum Gasteiger partial charge on any atom is 0.407 e. The molecular formula is C29H38F7N7O7. The summed E-state index contributed by atoms with van der Waals surface area (Å²) in [6.07, 6.45) is -8.45. The largest absolute Gasteiger partial charge is 0.453 e. The molecule has 0 fully saturated rings. The molecule has 14 nitrogen and oxygen atoms in total. The van der Waals surface area contributed by atoms with E-state index in [2.05, 4.69) is 25.3 Å². The lowest BCUT2D eigenvalue weighted by Crippen LogP contribution is -2.60. The first-order chi connectivity index (χ1) is 22.9. The van der Waals surface area contributed by atoms with Gasteiger partial charge in [0, 0.05) is 18.3 Å². The predicted octanol–water partition coefficient (Wildman–Crippen LogP) is 3.62. The number of halogens is 7. The van der Waals surface area contributed by atoms with E-state index in [1.54, 1.807) is 5.32 Å². The second-order valence-corrected chi connectivity index (χ2v) is 12.5. The molecule has 1 unspecified atom stereocenters. The molecule has 280 valence electrons. The van der Waals surface area contributed by atoms with E-state index in [4.69, 9.17) is 0 Å². The Labute approximate surface area is 281 Å². The molecule has 0 saturated carbocycles. The number of carbonyl (C=O) groups excluding carboxylic acids is 4. The van der Waals surface area contributed by atoms with Crippen LogP contribution in [0.5, 0.6) is 0 Å². The van der Waals surface area contributed by atoms with Crippen molar-refractivity contribution in [2.75, 3.05) is 32.3 Å². The van der Waals surface area contributed by atoms with Crippen molar-refractivity contribution in [1.29, 1.82) is 0 Å². The van der Waals surface area contributed by atoms with Crippen molar-refractivity contribution >= 4 is 29.7 Å². The van der Waals surface area contributed by atoms with Crippen LogP contribution >= 0.6 is 0 Å². The summed E-state index contributed by atoms with van der Waals surface area (Å²) in [5, 5.41) is 20.9. The summed E-state index contributed by atoms with van der Waals surface area (Å²) < 4.78 is 108. The molecule has 0 bridgehead atoms. The highest BCUT2D eigenvalue weighted by atomic mass is 19.4. The van der Waals surface area contributed by atoms with E-state index in [-0.39, 0.29) is 15.9 Å². The number of aliphatic hydroxyl groups is 1. The third kappa shape index (κ3) is 10.3. The van der Waals surface area contributed by atoms with Gasteiger partial charge in [0.15, 0.2) is 11.6 Å². The number of methoxy groups -OCH3 is 2. The zero-order valence-electron chi connectivity index (χ0n) is 27.9. The monoisotopic (exact) mass is 729 g/mol. The lowest BCUT2D eigenvalue weighted by Gasteiger charge is -2.35. The van der Waals surface area contributed by atoms with Gasteiger partial charge in [0.2, 0.25) is 5.91 Å². The predicted molar refractivity (Wildman–Crippen MR) is 161 cm³/mol. The standard InChI is InChI=1S/C29H38F7N7O7/c1-27(2,3)20(38-25(47)49-6)23(46)41-43(19-16(30)10-14(11-17(19)31)18-8-9-42(40-18)24(32)33)13-15(44)12-37-22(45)21(39-26(48)50-7)28(4,5)29(34,35)36/h8-11,15,20-21,24,44H,12-13H2,1-7H3,(H,37,45)(H,38,47)(H,39,48)(H,41,46)/t15-,20-,21?/m1/s1. The minimum Gasteiger partial charge on any atom is -0.453 e. The van der Waals surface area contributed by atoms with Crippen molar-refractivity contribution in [3.05, 3.63) is 36.0 Å². The van der Waals surface area contributed by atoms with Crippen LogP contribution in [0.1, 0.15) is 41.2 Å². The second-order valence-electron chi connectivity index (χ2n) is 12.5. The van der Waals surface area contributed by atoms with Gasteiger partial charge in [-0.15, -0.1) is 0 Å². The van der Waals surface area contributed by atoms with E-state index in [1.165, 1.54) is 20.8 Å². The number of hydrogen-bond donors (Lipinski definition) is 5. The van der Waals surface area contributed by atoms with Gasteiger partial charge in [-0.1, -0.05) is 20.8 Å². The highest BCUT2D eigenvalue weighted by molar-refractivity contribution is 5.88. The Morgan fingerprint density at radius 2 is 1.44 bits per heavy atom. The number of aromatic nitrogens is 2. The van der Waals surface area contributed by atoms with E-state index in [1.807, 2.05) is 5.32 Å². The molecule has 0 saturated heterocycles. The van der Waals surface area contributed by atoms with Crippen LogP contribution in [0.15, 0.2) is 24.4 Å². The molecule has 3 atom stereocenters. The number of ether oxygens (including phenoxy) is 2. The highest BCUT2D eigenvalue weighted by Gasteiger charge is 2.55. The van der Waals surface area contributed by atoms with E-state index < -0.39 is 96.2 Å². The van der Waals surface area contributed by atoms with Crippen molar-refractivity contribution in [1.82, 2.24) is 31.2 Å². The van der Waals surface area contributed by atoms with Gasteiger partial charge < -0.3 is 30.5 Å². The summed E-state index contributed by atoms with van der Waals surface area (Å²) in [7, 11) is 1.87. The van der Waals surface area contributed by atoms with Crippen LogP contribution < -0.4 is 26.4 Å². The Bertz CT molecular complexity index is 1510. The number of hydrogen-bond acceptors (Lipinski definition) is 9. The molecule has 1 aromatic carbocycles. The fourth-order valence-electron chi connectivity index (χ4n) is 4.32. The van der Waals surface area contributed by atoms with Crippen LogP contribution in [-0.2, 0) is 19.1 Å². The highest BCUT2D eigenvalue weighted by Crippen LogP contribution is 2.40. The number of benzene rings is 1. The lowest BCUT2D eigenvalue weighted by molar-refractivity contribution is -0.220. The fraction of sp³-hybridized carbons (Fsp3) is 0.552. The SMILES string of the molecule is COC(=O)NC(C(=O)NC[C@@H](O)CN(NC(=O)[C@@H](NC(=O)OC)C(C)(C)C)c1c(F)cc(-c2ccn(C(F)F)n2)cc1F)C(C)(C)C(F)(F)F. The molecule has 2 rings (SSSR count). The number of alkyl halides is 5. The Kier molecular flexibility index (Phi) is 13.4. The van der Waals surface area contributed by atoms with Gasteiger partial charge in [-0.3, -0.25) is 20.0 Å². The number of rotatable bonds is 13. The van der Waals surface area contributed by atoms with Crippen molar-refractivity contribution < 1.29 is 64.5 Å². The summed E-state index contributed by atoms with van der Waals surface area (Å²) >= 11 is 0. The molecule has 2 aromatic rings. The Morgan fingerprint density at radius 1 is 0.920 bits per heavy atom. The zero-order chi connectivity index (χ0) is 38.4. The van der Waals surface area contributed by atoms with Gasteiger partial charge in [0.25, 0.3) is 5.91 Å². The number of nitrogens with zero attached hydrogens (tertiary/aromatic N) is 3. The number of anilines is 1. The van der Waals surface area contributed by atoms with Crippen LogP contribution in [0.4, 0.5) is 46.0 Å². The molecule has 4 amide bonds.